The predicted molar refractivity (Wildman–Crippen MR) is 115 cm³/mol. The average Bonchev–Trinajstić information content (AvgIpc) is 3.45. The van der Waals surface area contributed by atoms with Gasteiger partial charge < -0.3 is 14.8 Å². The van der Waals surface area contributed by atoms with Crippen molar-refractivity contribution in [1.82, 2.24) is 20.3 Å². The minimum atomic E-state index is -2.74. The van der Waals surface area contributed by atoms with Crippen molar-refractivity contribution in [3.8, 4) is 16.3 Å². The number of hydrogen-bond donors (Lipinski definition) is 1. The molecule has 0 aliphatic carbocycles. The molecule has 2 aromatic heterocycles. The van der Waals surface area contributed by atoms with Crippen molar-refractivity contribution >= 4 is 17.2 Å². The normalized spacial score (nSPS) is 16.8. The lowest BCUT2D eigenvalue weighted by Crippen LogP contribution is -2.27. The Bertz CT molecular complexity index is 1090. The van der Waals surface area contributed by atoms with Gasteiger partial charge in [0.05, 0.1) is 19.3 Å². The van der Waals surface area contributed by atoms with Crippen LogP contribution >= 0.6 is 11.3 Å². The Labute approximate surface area is 187 Å². The zero-order valence-corrected chi connectivity index (χ0v) is 18.4. The van der Waals surface area contributed by atoms with E-state index in [-0.39, 0.29) is 12.0 Å². The number of amides is 1. The van der Waals surface area contributed by atoms with E-state index in [1.54, 1.807) is 25.3 Å². The number of carbonyl (C=O) groups excluding carboxylic acids is 1. The molecule has 0 radical (unpaired) electrons. The van der Waals surface area contributed by atoms with Gasteiger partial charge in [0.2, 0.25) is 0 Å². The Morgan fingerprint density at radius 2 is 2.00 bits per heavy atom. The first kappa shape index (κ1) is 22.2. The molecule has 0 spiro atoms. The Morgan fingerprint density at radius 1 is 1.22 bits per heavy atom. The Kier molecular flexibility index (Phi) is 6.71. The molecule has 7 nitrogen and oxygen atoms in total. The third-order valence-electron chi connectivity index (χ3n) is 4.96. The van der Waals surface area contributed by atoms with Crippen molar-refractivity contribution in [3.05, 3.63) is 58.6 Å². The van der Waals surface area contributed by atoms with Gasteiger partial charge in [-0.2, -0.15) is 0 Å². The quantitative estimate of drug-likeness (QED) is 0.559. The highest BCUT2D eigenvalue weighted by Crippen LogP contribution is 2.31. The van der Waals surface area contributed by atoms with Crippen LogP contribution in [0.3, 0.4) is 0 Å². The topological polar surface area (TPSA) is 86.2 Å². The highest BCUT2D eigenvalue weighted by atomic mass is 32.1. The van der Waals surface area contributed by atoms with Crippen molar-refractivity contribution in [3.63, 3.8) is 0 Å². The summed E-state index contributed by atoms with van der Waals surface area (Å²) < 4.78 is 36.8. The number of aryl methyl sites for hydroxylation is 1. The zero-order valence-electron chi connectivity index (χ0n) is 17.5. The van der Waals surface area contributed by atoms with Crippen LogP contribution in [0.2, 0.25) is 0 Å². The van der Waals surface area contributed by atoms with Crippen molar-refractivity contribution in [2.45, 2.75) is 38.8 Å². The van der Waals surface area contributed by atoms with E-state index in [0.717, 1.165) is 21.9 Å². The fraction of sp³-hybridized carbons (Fsp3) is 0.364. The smallest absolute Gasteiger partial charge is 0.297 e. The molecule has 1 aliphatic heterocycles. The number of benzene rings is 1. The summed E-state index contributed by atoms with van der Waals surface area (Å²) in [6, 6.07) is 4.83. The van der Waals surface area contributed by atoms with Gasteiger partial charge in [0, 0.05) is 46.6 Å². The largest absolute Gasteiger partial charge is 0.488 e. The number of ether oxygens (including phenoxy) is 2. The molecule has 4 rings (SSSR count). The number of thiazole rings is 1. The molecular formula is C22H22F2N4O3S. The SMILES string of the molecule is Cc1cnc(-c2cc(O[C@@H]3CCOC3)cc(C(=O)N[C@H](C)c3cnc(C(F)F)nc3)c2)s1. The molecule has 1 aliphatic rings. The lowest BCUT2D eigenvalue weighted by atomic mass is 10.1. The number of hydrogen-bond acceptors (Lipinski definition) is 7. The second kappa shape index (κ2) is 9.66. The summed E-state index contributed by atoms with van der Waals surface area (Å²) >= 11 is 1.53. The van der Waals surface area contributed by atoms with Crippen LogP contribution in [-0.4, -0.2) is 40.2 Å². The van der Waals surface area contributed by atoms with Gasteiger partial charge >= 0.3 is 0 Å². The third kappa shape index (κ3) is 5.25. The van der Waals surface area contributed by atoms with Gasteiger partial charge in [-0.05, 0) is 32.0 Å². The molecule has 10 heteroatoms. The highest BCUT2D eigenvalue weighted by Gasteiger charge is 2.20. The van der Waals surface area contributed by atoms with Crippen LogP contribution in [0.4, 0.5) is 8.78 Å². The number of nitrogens with zero attached hydrogens (tertiary/aromatic N) is 3. The third-order valence-corrected chi connectivity index (χ3v) is 5.92. The van der Waals surface area contributed by atoms with Gasteiger partial charge in [0.15, 0.2) is 5.82 Å². The lowest BCUT2D eigenvalue weighted by Gasteiger charge is -2.17. The first-order valence-corrected chi connectivity index (χ1v) is 10.9. The van der Waals surface area contributed by atoms with E-state index in [4.69, 9.17) is 9.47 Å². The van der Waals surface area contributed by atoms with Crippen molar-refractivity contribution in [2.75, 3.05) is 13.2 Å². The second-order valence-electron chi connectivity index (χ2n) is 7.50. The molecule has 3 aromatic rings. The zero-order chi connectivity index (χ0) is 22.7. The Hall–Kier alpha value is -2.98. The summed E-state index contributed by atoms with van der Waals surface area (Å²) in [7, 11) is 0. The van der Waals surface area contributed by atoms with Crippen LogP contribution in [0.1, 0.15) is 52.4 Å². The molecule has 1 amide bonds. The van der Waals surface area contributed by atoms with Crippen molar-refractivity contribution in [1.29, 1.82) is 0 Å². The molecule has 0 unspecified atom stereocenters. The number of carbonyl (C=O) groups is 1. The molecule has 1 fully saturated rings. The predicted octanol–water partition coefficient (Wildman–Crippen LogP) is 4.50. The number of nitrogens with one attached hydrogen (secondary N) is 1. The standard InChI is InChI=1S/C22H22F2N4O3S/c1-12-8-27-22(32-12)15-5-14(6-18(7-15)31-17-3-4-30-11-17)21(29)28-13(2)16-9-25-20(19(23)24)26-10-16/h5-10,13,17,19H,3-4,11H2,1-2H3,(H,28,29)/t13-,17-/m1/s1. The summed E-state index contributed by atoms with van der Waals surface area (Å²) in [5.74, 6) is -0.317. The number of aromatic nitrogens is 3. The van der Waals surface area contributed by atoms with Crippen LogP contribution in [0.5, 0.6) is 5.75 Å². The summed E-state index contributed by atoms with van der Waals surface area (Å²) in [5, 5.41) is 3.65. The number of alkyl halides is 2. The molecular weight excluding hydrogens is 438 g/mol. The van der Waals surface area contributed by atoms with E-state index in [0.29, 0.717) is 30.1 Å². The van der Waals surface area contributed by atoms with E-state index in [2.05, 4.69) is 20.3 Å². The maximum absolute atomic E-state index is 13.0. The van der Waals surface area contributed by atoms with Gasteiger partial charge in [-0.25, -0.2) is 23.7 Å². The molecule has 2 atom stereocenters. The minimum absolute atomic E-state index is 0.0661. The lowest BCUT2D eigenvalue weighted by molar-refractivity contribution is 0.0938. The summed E-state index contributed by atoms with van der Waals surface area (Å²) in [5.41, 5.74) is 1.71. The molecule has 32 heavy (non-hydrogen) atoms. The van der Waals surface area contributed by atoms with Crippen molar-refractivity contribution < 1.29 is 23.0 Å². The van der Waals surface area contributed by atoms with Gasteiger partial charge in [-0.15, -0.1) is 11.3 Å². The summed E-state index contributed by atoms with van der Waals surface area (Å²) in [6.45, 7) is 4.86. The molecule has 1 N–H and O–H groups in total. The number of rotatable bonds is 7. The van der Waals surface area contributed by atoms with Gasteiger partial charge in [0.1, 0.15) is 16.9 Å². The first-order valence-electron chi connectivity index (χ1n) is 10.1. The minimum Gasteiger partial charge on any atom is -0.488 e. The first-order chi connectivity index (χ1) is 15.4. The molecule has 1 aromatic carbocycles. The van der Waals surface area contributed by atoms with Crippen LogP contribution in [0.25, 0.3) is 10.6 Å². The van der Waals surface area contributed by atoms with Gasteiger partial charge in [-0.1, -0.05) is 0 Å². The van der Waals surface area contributed by atoms with Crippen LogP contribution in [-0.2, 0) is 4.74 Å². The van der Waals surface area contributed by atoms with Crippen LogP contribution < -0.4 is 10.1 Å². The van der Waals surface area contributed by atoms with E-state index >= 15 is 0 Å². The van der Waals surface area contributed by atoms with E-state index in [1.165, 1.54) is 23.7 Å². The van der Waals surface area contributed by atoms with E-state index in [9.17, 15) is 13.6 Å². The summed E-state index contributed by atoms with van der Waals surface area (Å²) in [4.78, 5) is 25.8. The molecule has 168 valence electrons. The molecule has 0 saturated carbocycles. The molecule has 3 heterocycles. The average molecular weight is 461 g/mol. The number of halogens is 2. The fourth-order valence-electron chi connectivity index (χ4n) is 3.26. The second-order valence-corrected chi connectivity index (χ2v) is 8.73. The highest BCUT2D eigenvalue weighted by molar-refractivity contribution is 7.14. The summed E-state index contributed by atoms with van der Waals surface area (Å²) in [6.07, 6.45) is 2.35. The monoisotopic (exact) mass is 460 g/mol. The van der Waals surface area contributed by atoms with Crippen molar-refractivity contribution in [2.24, 2.45) is 0 Å². The Morgan fingerprint density at radius 3 is 2.62 bits per heavy atom. The van der Waals surface area contributed by atoms with E-state index < -0.39 is 18.3 Å². The van der Waals surface area contributed by atoms with Crippen LogP contribution in [0.15, 0.2) is 36.8 Å². The molecule has 1 saturated heterocycles. The maximum Gasteiger partial charge on any atom is 0.297 e. The molecule has 0 bridgehead atoms. The van der Waals surface area contributed by atoms with Crippen LogP contribution in [0, 0.1) is 6.92 Å². The maximum atomic E-state index is 13.0. The van der Waals surface area contributed by atoms with Gasteiger partial charge in [-0.3, -0.25) is 4.79 Å². The van der Waals surface area contributed by atoms with Gasteiger partial charge in [0.25, 0.3) is 12.3 Å². The Balaban J connectivity index is 1.56. The van der Waals surface area contributed by atoms with E-state index in [1.807, 2.05) is 13.0 Å². The fourth-order valence-corrected chi connectivity index (χ4v) is 4.01.